The van der Waals surface area contributed by atoms with Crippen LogP contribution < -0.4 is 5.73 Å². The van der Waals surface area contributed by atoms with Crippen molar-refractivity contribution in [3.8, 4) is 0 Å². The highest BCUT2D eigenvalue weighted by Crippen LogP contribution is 2.29. The smallest absolute Gasteiger partial charge is 0.257 e. The van der Waals surface area contributed by atoms with Crippen LogP contribution in [0.2, 0.25) is 10.0 Å². The van der Waals surface area contributed by atoms with E-state index in [1.807, 2.05) is 12.1 Å². The zero-order chi connectivity index (χ0) is 15.0. The number of carbonyl (C=O) groups excluding carboxylic acids is 1. The first kappa shape index (κ1) is 14.2. The van der Waals surface area contributed by atoms with Crippen molar-refractivity contribution in [3.63, 3.8) is 0 Å². The number of nitrogen functional groups attached to an aromatic ring is 1. The summed E-state index contributed by atoms with van der Waals surface area (Å²) in [6.45, 7) is 1.12. The van der Waals surface area contributed by atoms with Gasteiger partial charge in [0.2, 0.25) is 0 Å². The molecule has 1 heterocycles. The lowest BCUT2D eigenvalue weighted by Crippen LogP contribution is -2.36. The van der Waals surface area contributed by atoms with Gasteiger partial charge in [0, 0.05) is 18.8 Å². The van der Waals surface area contributed by atoms with Crippen molar-refractivity contribution in [2.75, 3.05) is 12.3 Å². The van der Waals surface area contributed by atoms with Crippen LogP contribution in [-0.2, 0) is 13.0 Å². The Morgan fingerprint density at radius 1 is 1.10 bits per heavy atom. The lowest BCUT2D eigenvalue weighted by molar-refractivity contribution is 0.0735. The van der Waals surface area contributed by atoms with Crippen LogP contribution >= 0.6 is 23.2 Å². The van der Waals surface area contributed by atoms with Gasteiger partial charge in [-0.05, 0) is 35.7 Å². The Hall–Kier alpha value is -1.71. The molecule has 3 rings (SSSR count). The van der Waals surface area contributed by atoms with Crippen molar-refractivity contribution in [1.29, 1.82) is 0 Å². The molecule has 0 aromatic heterocycles. The number of carbonyl (C=O) groups is 1. The first-order valence-electron chi connectivity index (χ1n) is 6.67. The molecule has 1 aliphatic rings. The van der Waals surface area contributed by atoms with Crippen molar-refractivity contribution in [1.82, 2.24) is 4.90 Å². The quantitative estimate of drug-likeness (QED) is 0.813. The van der Waals surface area contributed by atoms with Gasteiger partial charge in [-0.1, -0.05) is 41.4 Å². The number of halogens is 2. The van der Waals surface area contributed by atoms with Crippen LogP contribution in [0, 0.1) is 0 Å². The summed E-state index contributed by atoms with van der Waals surface area (Å²) in [6.07, 6.45) is 0.786. The van der Waals surface area contributed by atoms with Gasteiger partial charge in [-0.3, -0.25) is 4.79 Å². The fourth-order valence-electron chi connectivity index (χ4n) is 2.64. The monoisotopic (exact) mass is 320 g/mol. The van der Waals surface area contributed by atoms with Gasteiger partial charge in [0.25, 0.3) is 5.91 Å². The highest BCUT2D eigenvalue weighted by atomic mass is 35.5. The van der Waals surface area contributed by atoms with Crippen molar-refractivity contribution in [2.24, 2.45) is 0 Å². The number of hydrogen-bond donors (Lipinski definition) is 1. The molecule has 0 fully saturated rings. The molecule has 0 saturated heterocycles. The third kappa shape index (κ3) is 2.59. The van der Waals surface area contributed by atoms with E-state index in [1.165, 1.54) is 5.56 Å². The molecule has 2 aromatic carbocycles. The number of nitrogens with two attached hydrogens (primary N) is 1. The molecule has 5 heteroatoms. The molecular weight excluding hydrogens is 307 g/mol. The van der Waals surface area contributed by atoms with Gasteiger partial charge in [-0.25, -0.2) is 0 Å². The lowest BCUT2D eigenvalue weighted by atomic mass is 9.97. The molecule has 0 aliphatic carbocycles. The van der Waals surface area contributed by atoms with Gasteiger partial charge in [-0.15, -0.1) is 0 Å². The van der Waals surface area contributed by atoms with Crippen molar-refractivity contribution in [3.05, 3.63) is 63.1 Å². The van der Waals surface area contributed by atoms with Gasteiger partial charge >= 0.3 is 0 Å². The highest BCUT2D eigenvalue weighted by molar-refractivity contribution is 6.39. The van der Waals surface area contributed by atoms with E-state index in [1.54, 1.807) is 23.1 Å². The second-order valence-corrected chi connectivity index (χ2v) is 5.87. The van der Waals surface area contributed by atoms with E-state index >= 15 is 0 Å². The van der Waals surface area contributed by atoms with E-state index in [-0.39, 0.29) is 5.91 Å². The van der Waals surface area contributed by atoms with E-state index in [9.17, 15) is 4.79 Å². The molecule has 1 amide bonds. The van der Waals surface area contributed by atoms with E-state index in [4.69, 9.17) is 28.9 Å². The summed E-state index contributed by atoms with van der Waals surface area (Å²) in [5.41, 5.74) is 9.30. The Labute approximate surface area is 133 Å². The van der Waals surface area contributed by atoms with E-state index in [0.29, 0.717) is 28.7 Å². The van der Waals surface area contributed by atoms with Crippen LogP contribution in [-0.4, -0.2) is 17.4 Å². The molecule has 21 heavy (non-hydrogen) atoms. The first-order valence-corrected chi connectivity index (χ1v) is 7.43. The summed E-state index contributed by atoms with van der Waals surface area (Å²) in [6, 6.07) is 10.9. The van der Waals surface area contributed by atoms with Crippen LogP contribution in [0.15, 0.2) is 36.4 Å². The number of amides is 1. The summed E-state index contributed by atoms with van der Waals surface area (Å²) >= 11 is 12.2. The summed E-state index contributed by atoms with van der Waals surface area (Å²) in [5, 5.41) is 0.749. The standard InChI is InChI=1S/C16H14Cl2N2O/c17-12-4-2-5-13(18)15(12)16(21)20-8-7-10-3-1-6-14(19)11(10)9-20/h1-6H,7-9,19H2. The first-order chi connectivity index (χ1) is 10.1. The van der Waals surface area contributed by atoms with Crippen LogP contribution in [0.3, 0.4) is 0 Å². The minimum absolute atomic E-state index is 0.153. The molecule has 0 spiro atoms. The molecule has 0 atom stereocenters. The Balaban J connectivity index is 1.93. The molecule has 0 bridgehead atoms. The Bertz CT molecular complexity index is 695. The van der Waals surface area contributed by atoms with E-state index < -0.39 is 0 Å². The minimum atomic E-state index is -0.153. The summed E-state index contributed by atoms with van der Waals surface area (Å²) in [7, 11) is 0. The molecule has 1 aliphatic heterocycles. The van der Waals surface area contributed by atoms with Crippen LogP contribution in [0.4, 0.5) is 5.69 Å². The van der Waals surface area contributed by atoms with Gasteiger partial charge in [0.05, 0.1) is 15.6 Å². The number of hydrogen-bond acceptors (Lipinski definition) is 2. The highest BCUT2D eigenvalue weighted by Gasteiger charge is 2.25. The number of rotatable bonds is 1. The SMILES string of the molecule is Nc1cccc2c1CN(C(=O)c1c(Cl)cccc1Cl)CC2. The Kier molecular flexibility index (Phi) is 3.79. The molecular formula is C16H14Cl2N2O. The zero-order valence-electron chi connectivity index (χ0n) is 11.3. The van der Waals surface area contributed by atoms with Crippen LogP contribution in [0.25, 0.3) is 0 Å². The summed E-state index contributed by atoms with van der Waals surface area (Å²) < 4.78 is 0. The van der Waals surface area contributed by atoms with Crippen molar-refractivity contribution in [2.45, 2.75) is 13.0 Å². The molecule has 2 aromatic rings. The van der Waals surface area contributed by atoms with Gasteiger partial charge in [0.1, 0.15) is 0 Å². The fraction of sp³-hybridized carbons (Fsp3) is 0.188. The van der Waals surface area contributed by atoms with Crippen LogP contribution in [0.1, 0.15) is 21.5 Å². The predicted molar refractivity (Wildman–Crippen MR) is 85.8 cm³/mol. The van der Waals surface area contributed by atoms with Crippen molar-refractivity contribution < 1.29 is 4.79 Å². The lowest BCUT2D eigenvalue weighted by Gasteiger charge is -2.30. The third-order valence-corrected chi connectivity index (χ3v) is 4.40. The molecule has 2 N–H and O–H groups in total. The van der Waals surface area contributed by atoms with Gasteiger partial charge in [-0.2, -0.15) is 0 Å². The maximum Gasteiger partial charge on any atom is 0.257 e. The maximum absolute atomic E-state index is 12.7. The maximum atomic E-state index is 12.7. The number of anilines is 1. The number of nitrogens with zero attached hydrogens (tertiary/aromatic N) is 1. The van der Waals surface area contributed by atoms with Crippen molar-refractivity contribution >= 4 is 34.8 Å². The van der Waals surface area contributed by atoms with Crippen LogP contribution in [0.5, 0.6) is 0 Å². The third-order valence-electron chi connectivity index (χ3n) is 3.77. The Morgan fingerprint density at radius 2 is 1.76 bits per heavy atom. The normalized spacial score (nSPS) is 13.9. The molecule has 0 saturated carbocycles. The van der Waals surface area contributed by atoms with E-state index in [2.05, 4.69) is 6.07 Å². The zero-order valence-corrected chi connectivity index (χ0v) is 12.8. The number of fused-ring (bicyclic) bond motifs is 1. The largest absolute Gasteiger partial charge is 0.398 e. The molecule has 0 radical (unpaired) electrons. The second-order valence-electron chi connectivity index (χ2n) is 5.06. The van der Waals surface area contributed by atoms with E-state index in [0.717, 1.165) is 17.7 Å². The Morgan fingerprint density at radius 3 is 2.48 bits per heavy atom. The molecule has 0 unspecified atom stereocenters. The number of benzene rings is 2. The summed E-state index contributed by atoms with van der Waals surface area (Å²) in [4.78, 5) is 14.4. The predicted octanol–water partition coefficient (Wildman–Crippen LogP) is 3.77. The average molecular weight is 321 g/mol. The topological polar surface area (TPSA) is 46.3 Å². The minimum Gasteiger partial charge on any atom is -0.398 e. The summed E-state index contributed by atoms with van der Waals surface area (Å²) in [5.74, 6) is -0.153. The fourth-order valence-corrected chi connectivity index (χ4v) is 3.20. The van der Waals surface area contributed by atoms with Gasteiger partial charge in [0.15, 0.2) is 0 Å². The van der Waals surface area contributed by atoms with Gasteiger partial charge < -0.3 is 10.6 Å². The average Bonchev–Trinajstić information content (AvgIpc) is 2.47. The second kappa shape index (κ2) is 5.58. The molecule has 3 nitrogen and oxygen atoms in total. The molecule has 108 valence electrons.